The summed E-state index contributed by atoms with van der Waals surface area (Å²) in [6.45, 7) is 1.98. The van der Waals surface area contributed by atoms with Gasteiger partial charge in [0.1, 0.15) is 17.1 Å². The van der Waals surface area contributed by atoms with Crippen molar-refractivity contribution in [2.24, 2.45) is 0 Å². The van der Waals surface area contributed by atoms with E-state index in [2.05, 4.69) is 0 Å². The third-order valence-electron chi connectivity index (χ3n) is 2.19. The van der Waals surface area contributed by atoms with Gasteiger partial charge in [-0.05, 0) is 24.1 Å². The Balaban J connectivity index is 3.39. The minimum absolute atomic E-state index is 0.0669. The molecule has 1 aromatic carbocycles. The van der Waals surface area contributed by atoms with Crippen molar-refractivity contribution in [1.29, 1.82) is 0 Å². The van der Waals surface area contributed by atoms with E-state index in [-0.39, 0.29) is 5.56 Å². The molecule has 0 saturated carbocycles. The molecule has 0 aliphatic heterocycles. The van der Waals surface area contributed by atoms with Crippen LogP contribution in [0.4, 0.5) is 0 Å². The summed E-state index contributed by atoms with van der Waals surface area (Å²) in [5.41, 5.74) is 1.05. The van der Waals surface area contributed by atoms with Gasteiger partial charge < -0.3 is 14.6 Å². The third kappa shape index (κ3) is 2.21. The van der Waals surface area contributed by atoms with Crippen LogP contribution in [0, 0.1) is 0 Å². The summed E-state index contributed by atoms with van der Waals surface area (Å²) >= 11 is 0. The van der Waals surface area contributed by atoms with Crippen molar-refractivity contribution in [3.8, 4) is 11.5 Å². The second-order valence-corrected chi connectivity index (χ2v) is 3.03. The molecule has 82 valence electrons. The zero-order chi connectivity index (χ0) is 11.4. The maximum atomic E-state index is 11.0. The molecule has 4 nitrogen and oxygen atoms in total. The maximum absolute atomic E-state index is 11.0. The molecule has 1 aromatic rings. The predicted octanol–water partition coefficient (Wildman–Crippen LogP) is 1.96. The second kappa shape index (κ2) is 4.68. The molecular weight excluding hydrogens is 196 g/mol. The highest BCUT2D eigenvalue weighted by Gasteiger charge is 2.18. The van der Waals surface area contributed by atoms with Crippen LogP contribution >= 0.6 is 0 Å². The van der Waals surface area contributed by atoms with E-state index in [9.17, 15) is 4.79 Å². The van der Waals surface area contributed by atoms with Crippen molar-refractivity contribution in [1.82, 2.24) is 0 Å². The molecule has 0 saturated heterocycles. The van der Waals surface area contributed by atoms with Crippen molar-refractivity contribution >= 4 is 5.97 Å². The maximum Gasteiger partial charge on any atom is 0.343 e. The van der Waals surface area contributed by atoms with E-state index in [1.807, 2.05) is 6.92 Å². The van der Waals surface area contributed by atoms with Gasteiger partial charge in [0.2, 0.25) is 0 Å². The van der Waals surface area contributed by atoms with Crippen LogP contribution in [0.1, 0.15) is 22.8 Å². The number of carbonyl (C=O) groups is 1. The Morgan fingerprint density at radius 3 is 2.00 bits per heavy atom. The topological polar surface area (TPSA) is 55.8 Å². The number of hydrogen-bond donors (Lipinski definition) is 1. The Morgan fingerprint density at radius 1 is 1.27 bits per heavy atom. The molecule has 0 atom stereocenters. The molecule has 0 radical (unpaired) electrons. The number of methoxy groups -OCH3 is 2. The fourth-order valence-corrected chi connectivity index (χ4v) is 1.38. The van der Waals surface area contributed by atoms with Gasteiger partial charge >= 0.3 is 5.97 Å². The van der Waals surface area contributed by atoms with Gasteiger partial charge in [-0.15, -0.1) is 0 Å². The number of aromatic carboxylic acids is 1. The van der Waals surface area contributed by atoms with Crippen molar-refractivity contribution in [2.45, 2.75) is 13.3 Å². The van der Waals surface area contributed by atoms with Crippen LogP contribution in [-0.2, 0) is 6.42 Å². The minimum atomic E-state index is -1.05. The average molecular weight is 210 g/mol. The molecule has 0 fully saturated rings. The molecule has 0 amide bonds. The quantitative estimate of drug-likeness (QED) is 0.825. The first-order chi connectivity index (χ1) is 7.13. The summed E-state index contributed by atoms with van der Waals surface area (Å²) in [4.78, 5) is 11.0. The molecule has 0 bridgehead atoms. The Morgan fingerprint density at radius 2 is 1.73 bits per heavy atom. The lowest BCUT2D eigenvalue weighted by Crippen LogP contribution is -2.04. The van der Waals surface area contributed by atoms with E-state index in [4.69, 9.17) is 14.6 Å². The Labute approximate surface area is 88.4 Å². The number of carboxylic acid groups (broad SMARTS) is 1. The van der Waals surface area contributed by atoms with Gasteiger partial charge in [0.05, 0.1) is 14.2 Å². The summed E-state index contributed by atoms with van der Waals surface area (Å²) in [6.07, 6.45) is 0.798. The van der Waals surface area contributed by atoms with Crippen molar-refractivity contribution in [3.05, 3.63) is 23.3 Å². The summed E-state index contributed by atoms with van der Waals surface area (Å²) in [5.74, 6) is -0.385. The van der Waals surface area contributed by atoms with Crippen LogP contribution in [-0.4, -0.2) is 25.3 Å². The molecule has 0 heterocycles. The number of aryl methyl sites for hydroxylation is 1. The number of ether oxygens (including phenoxy) is 2. The summed E-state index contributed by atoms with van der Waals surface area (Å²) in [6, 6.07) is 3.43. The molecule has 0 aliphatic rings. The number of benzene rings is 1. The second-order valence-electron chi connectivity index (χ2n) is 3.03. The van der Waals surface area contributed by atoms with Gasteiger partial charge in [0.15, 0.2) is 0 Å². The molecule has 4 heteroatoms. The fraction of sp³-hybridized carbons (Fsp3) is 0.364. The zero-order valence-corrected chi connectivity index (χ0v) is 9.03. The van der Waals surface area contributed by atoms with Crippen LogP contribution in [0.3, 0.4) is 0 Å². The van der Waals surface area contributed by atoms with Gasteiger partial charge in [0, 0.05) is 0 Å². The molecule has 0 unspecified atom stereocenters. The van der Waals surface area contributed by atoms with Gasteiger partial charge in [-0.1, -0.05) is 6.92 Å². The van der Waals surface area contributed by atoms with Gasteiger partial charge in [-0.25, -0.2) is 4.79 Å². The average Bonchev–Trinajstić information content (AvgIpc) is 2.26. The van der Waals surface area contributed by atoms with Gasteiger partial charge in [-0.2, -0.15) is 0 Å². The molecular formula is C11H14O4. The summed E-state index contributed by atoms with van der Waals surface area (Å²) in [5, 5.41) is 9.01. The van der Waals surface area contributed by atoms with Crippen molar-refractivity contribution < 1.29 is 19.4 Å². The lowest BCUT2D eigenvalue weighted by atomic mass is 10.1. The minimum Gasteiger partial charge on any atom is -0.496 e. The van der Waals surface area contributed by atoms with Crippen LogP contribution in [0.25, 0.3) is 0 Å². The predicted molar refractivity (Wildman–Crippen MR) is 55.9 cm³/mol. The largest absolute Gasteiger partial charge is 0.496 e. The smallest absolute Gasteiger partial charge is 0.343 e. The van der Waals surface area contributed by atoms with Crippen LogP contribution in [0.2, 0.25) is 0 Å². The number of carboxylic acids is 1. The van der Waals surface area contributed by atoms with Gasteiger partial charge in [-0.3, -0.25) is 0 Å². The van der Waals surface area contributed by atoms with E-state index in [1.54, 1.807) is 12.1 Å². The third-order valence-corrected chi connectivity index (χ3v) is 2.19. The molecule has 0 aromatic heterocycles. The first-order valence-electron chi connectivity index (χ1n) is 4.62. The Hall–Kier alpha value is -1.71. The molecule has 0 spiro atoms. The van der Waals surface area contributed by atoms with Crippen molar-refractivity contribution in [3.63, 3.8) is 0 Å². The van der Waals surface area contributed by atoms with E-state index in [0.29, 0.717) is 11.5 Å². The highest BCUT2D eigenvalue weighted by atomic mass is 16.5. The van der Waals surface area contributed by atoms with Crippen LogP contribution in [0.5, 0.6) is 11.5 Å². The lowest BCUT2D eigenvalue weighted by Gasteiger charge is -2.11. The van der Waals surface area contributed by atoms with E-state index in [0.717, 1.165) is 12.0 Å². The van der Waals surface area contributed by atoms with Crippen LogP contribution in [0.15, 0.2) is 12.1 Å². The standard InChI is InChI=1S/C11H14O4/c1-4-7-5-8(14-2)10(11(12)13)9(6-7)15-3/h5-6H,4H2,1-3H3,(H,12,13). The summed E-state index contributed by atoms with van der Waals surface area (Å²) in [7, 11) is 2.89. The first-order valence-corrected chi connectivity index (χ1v) is 4.62. The van der Waals surface area contributed by atoms with Gasteiger partial charge in [0.25, 0.3) is 0 Å². The van der Waals surface area contributed by atoms with E-state index in [1.165, 1.54) is 14.2 Å². The van der Waals surface area contributed by atoms with E-state index < -0.39 is 5.97 Å². The summed E-state index contributed by atoms with van der Waals surface area (Å²) < 4.78 is 10.1. The molecule has 1 N–H and O–H groups in total. The highest BCUT2D eigenvalue weighted by molar-refractivity contribution is 5.94. The Kier molecular flexibility index (Phi) is 3.55. The first kappa shape index (κ1) is 11.4. The lowest BCUT2D eigenvalue weighted by molar-refractivity contribution is 0.0689. The zero-order valence-electron chi connectivity index (χ0n) is 9.03. The highest BCUT2D eigenvalue weighted by Crippen LogP contribution is 2.30. The number of hydrogen-bond acceptors (Lipinski definition) is 3. The van der Waals surface area contributed by atoms with E-state index >= 15 is 0 Å². The number of rotatable bonds is 4. The Bertz CT molecular complexity index is 346. The van der Waals surface area contributed by atoms with Crippen LogP contribution < -0.4 is 9.47 Å². The SMILES string of the molecule is CCc1cc(OC)c(C(=O)O)c(OC)c1. The molecule has 15 heavy (non-hydrogen) atoms. The molecule has 1 rings (SSSR count). The molecule has 0 aliphatic carbocycles. The fourth-order valence-electron chi connectivity index (χ4n) is 1.38. The monoisotopic (exact) mass is 210 g/mol. The van der Waals surface area contributed by atoms with Crippen molar-refractivity contribution in [2.75, 3.05) is 14.2 Å². The normalized spacial score (nSPS) is 9.80.